The number of ether oxygens (including phenoxy) is 1. The molecule has 1 saturated heterocycles. The number of nitrogens with one attached hydrogen (secondary N) is 1. The molecular weight excluding hydrogens is 376 g/mol. The molecule has 0 aliphatic carbocycles. The Morgan fingerprint density at radius 3 is 2.53 bits per heavy atom. The zero-order valence-electron chi connectivity index (χ0n) is 18.0. The van der Waals surface area contributed by atoms with Crippen LogP contribution in [0, 0.1) is 6.92 Å². The lowest BCUT2D eigenvalue weighted by Gasteiger charge is -2.35. The number of guanidine groups is 1. The number of rotatable bonds is 5. The second-order valence-corrected chi connectivity index (χ2v) is 7.83. The molecule has 30 heavy (non-hydrogen) atoms. The van der Waals surface area contributed by atoms with E-state index in [9.17, 15) is 0 Å². The van der Waals surface area contributed by atoms with Gasteiger partial charge in [0.15, 0.2) is 5.96 Å². The minimum atomic E-state index is 0.166. The van der Waals surface area contributed by atoms with Crippen LogP contribution in [0.25, 0.3) is 5.57 Å². The lowest BCUT2D eigenvalue weighted by atomic mass is 10.00. The van der Waals surface area contributed by atoms with E-state index in [1.165, 1.54) is 11.1 Å². The molecule has 6 nitrogen and oxygen atoms in total. The van der Waals surface area contributed by atoms with Gasteiger partial charge in [-0.3, -0.25) is 9.89 Å². The van der Waals surface area contributed by atoms with Crippen LogP contribution < -0.4 is 5.32 Å². The summed E-state index contributed by atoms with van der Waals surface area (Å²) in [6, 6.07) is 14.9. The SMILES string of the molecule is CN=C(NCC(c1ccc(C)o1)N1CCOCC1)N1CC=C(c2ccccc2)CC1. The van der Waals surface area contributed by atoms with E-state index in [4.69, 9.17) is 9.15 Å². The van der Waals surface area contributed by atoms with Gasteiger partial charge in [-0.15, -0.1) is 0 Å². The second-order valence-electron chi connectivity index (χ2n) is 7.83. The molecular formula is C24H32N4O2. The van der Waals surface area contributed by atoms with Gasteiger partial charge in [-0.25, -0.2) is 0 Å². The summed E-state index contributed by atoms with van der Waals surface area (Å²) in [5.41, 5.74) is 2.74. The van der Waals surface area contributed by atoms with Crippen LogP contribution in [0.15, 0.2) is 58.0 Å². The van der Waals surface area contributed by atoms with E-state index in [1.807, 2.05) is 20.0 Å². The number of aliphatic imine (C=N–C) groups is 1. The molecule has 1 N–H and O–H groups in total. The van der Waals surface area contributed by atoms with Gasteiger partial charge in [-0.2, -0.15) is 0 Å². The third-order valence-corrected chi connectivity index (χ3v) is 5.89. The van der Waals surface area contributed by atoms with Gasteiger partial charge in [0, 0.05) is 39.8 Å². The maximum absolute atomic E-state index is 5.99. The van der Waals surface area contributed by atoms with Gasteiger partial charge in [-0.05, 0) is 36.6 Å². The lowest BCUT2D eigenvalue weighted by Crippen LogP contribution is -2.48. The Kier molecular flexibility index (Phi) is 6.87. The normalized spacial score (nSPS) is 19.5. The van der Waals surface area contributed by atoms with E-state index in [-0.39, 0.29) is 6.04 Å². The summed E-state index contributed by atoms with van der Waals surface area (Å²) in [6.45, 7) is 7.94. The van der Waals surface area contributed by atoms with E-state index in [1.54, 1.807) is 0 Å². The third kappa shape index (κ3) is 4.94. The quantitative estimate of drug-likeness (QED) is 0.608. The molecule has 1 aromatic carbocycles. The summed E-state index contributed by atoms with van der Waals surface area (Å²) >= 11 is 0. The van der Waals surface area contributed by atoms with Gasteiger partial charge in [-0.1, -0.05) is 36.4 Å². The molecule has 0 spiro atoms. The maximum Gasteiger partial charge on any atom is 0.194 e. The van der Waals surface area contributed by atoms with Crippen molar-refractivity contribution in [3.63, 3.8) is 0 Å². The molecule has 2 aromatic rings. The molecule has 0 bridgehead atoms. The van der Waals surface area contributed by atoms with Crippen LogP contribution >= 0.6 is 0 Å². The number of benzene rings is 1. The Morgan fingerprint density at radius 2 is 1.90 bits per heavy atom. The van der Waals surface area contributed by atoms with Crippen molar-refractivity contribution in [2.45, 2.75) is 19.4 Å². The first-order valence-electron chi connectivity index (χ1n) is 10.8. The molecule has 4 rings (SSSR count). The molecule has 0 radical (unpaired) electrons. The van der Waals surface area contributed by atoms with Crippen molar-refractivity contribution >= 4 is 11.5 Å². The molecule has 2 aliphatic rings. The standard InChI is InChI=1S/C24H32N4O2/c1-19-8-9-23(30-19)22(27-14-16-29-17-15-27)18-26-24(25-2)28-12-10-21(11-13-28)20-6-4-3-5-7-20/h3-10,22H,11-18H2,1-2H3,(H,25,26). The fourth-order valence-electron chi connectivity index (χ4n) is 4.23. The zero-order chi connectivity index (χ0) is 20.8. The molecule has 6 heteroatoms. The average Bonchev–Trinajstić information content (AvgIpc) is 3.24. The molecule has 0 saturated carbocycles. The van der Waals surface area contributed by atoms with Gasteiger partial charge in [0.1, 0.15) is 11.5 Å². The monoisotopic (exact) mass is 408 g/mol. The second kappa shape index (κ2) is 9.96. The van der Waals surface area contributed by atoms with Gasteiger partial charge in [0.05, 0.1) is 19.3 Å². The average molecular weight is 409 g/mol. The van der Waals surface area contributed by atoms with Gasteiger partial charge < -0.3 is 19.4 Å². The third-order valence-electron chi connectivity index (χ3n) is 5.89. The zero-order valence-corrected chi connectivity index (χ0v) is 18.0. The number of hydrogen-bond donors (Lipinski definition) is 1. The first-order valence-corrected chi connectivity index (χ1v) is 10.8. The number of morpholine rings is 1. The van der Waals surface area contributed by atoms with Gasteiger partial charge >= 0.3 is 0 Å². The van der Waals surface area contributed by atoms with Crippen LogP contribution in [0.5, 0.6) is 0 Å². The van der Waals surface area contributed by atoms with E-state index in [2.05, 4.69) is 62.6 Å². The molecule has 0 amide bonds. The van der Waals surface area contributed by atoms with Crippen LogP contribution in [0.2, 0.25) is 0 Å². The Balaban J connectivity index is 1.40. The molecule has 1 unspecified atom stereocenters. The number of nitrogens with zero attached hydrogens (tertiary/aromatic N) is 3. The first-order chi connectivity index (χ1) is 14.7. The van der Waals surface area contributed by atoms with Crippen molar-refractivity contribution in [1.29, 1.82) is 0 Å². The summed E-state index contributed by atoms with van der Waals surface area (Å²) in [5, 5.41) is 3.60. The molecule has 3 heterocycles. The Hall–Kier alpha value is -2.57. The maximum atomic E-state index is 5.99. The number of aryl methyl sites for hydroxylation is 1. The predicted molar refractivity (Wildman–Crippen MR) is 121 cm³/mol. The van der Waals surface area contributed by atoms with Crippen LogP contribution in [0.4, 0.5) is 0 Å². The molecule has 1 aromatic heterocycles. The minimum Gasteiger partial charge on any atom is -0.465 e. The smallest absolute Gasteiger partial charge is 0.194 e. The summed E-state index contributed by atoms with van der Waals surface area (Å²) in [5.74, 6) is 2.89. The first kappa shape index (κ1) is 20.7. The van der Waals surface area contributed by atoms with E-state index >= 15 is 0 Å². The summed E-state index contributed by atoms with van der Waals surface area (Å²) < 4.78 is 11.5. The van der Waals surface area contributed by atoms with Crippen LogP contribution in [-0.2, 0) is 4.74 Å². The van der Waals surface area contributed by atoms with Crippen molar-refractivity contribution in [2.75, 3.05) is 53.0 Å². The van der Waals surface area contributed by atoms with Crippen molar-refractivity contribution in [1.82, 2.24) is 15.1 Å². The number of furan rings is 1. The van der Waals surface area contributed by atoms with E-state index < -0.39 is 0 Å². The lowest BCUT2D eigenvalue weighted by molar-refractivity contribution is 0.0123. The molecule has 1 atom stereocenters. The number of hydrogen-bond acceptors (Lipinski definition) is 4. The Labute approximate surface area is 179 Å². The highest BCUT2D eigenvalue weighted by molar-refractivity contribution is 5.81. The van der Waals surface area contributed by atoms with Gasteiger partial charge in [0.2, 0.25) is 0 Å². The van der Waals surface area contributed by atoms with Crippen LogP contribution in [-0.4, -0.2) is 68.7 Å². The fourth-order valence-corrected chi connectivity index (χ4v) is 4.23. The highest BCUT2D eigenvalue weighted by Gasteiger charge is 2.26. The Morgan fingerprint density at radius 1 is 1.10 bits per heavy atom. The summed E-state index contributed by atoms with van der Waals surface area (Å²) in [4.78, 5) is 9.31. The largest absolute Gasteiger partial charge is 0.465 e. The molecule has 2 aliphatic heterocycles. The highest BCUT2D eigenvalue weighted by Crippen LogP contribution is 2.24. The van der Waals surface area contributed by atoms with E-state index in [0.717, 1.165) is 69.8 Å². The van der Waals surface area contributed by atoms with Gasteiger partial charge in [0.25, 0.3) is 0 Å². The van der Waals surface area contributed by atoms with Crippen molar-refractivity contribution in [2.24, 2.45) is 4.99 Å². The molecule has 1 fully saturated rings. The van der Waals surface area contributed by atoms with Crippen LogP contribution in [0.1, 0.15) is 29.5 Å². The highest BCUT2D eigenvalue weighted by atomic mass is 16.5. The fraction of sp³-hybridized carbons (Fsp3) is 0.458. The molecule has 160 valence electrons. The van der Waals surface area contributed by atoms with E-state index in [0.29, 0.717) is 0 Å². The topological polar surface area (TPSA) is 53.2 Å². The summed E-state index contributed by atoms with van der Waals surface area (Å²) in [7, 11) is 1.86. The summed E-state index contributed by atoms with van der Waals surface area (Å²) in [6.07, 6.45) is 3.34. The van der Waals surface area contributed by atoms with Crippen molar-refractivity contribution in [3.05, 3.63) is 65.6 Å². The van der Waals surface area contributed by atoms with Crippen LogP contribution in [0.3, 0.4) is 0 Å². The van der Waals surface area contributed by atoms with Crippen molar-refractivity contribution in [3.8, 4) is 0 Å². The Bertz CT molecular complexity index is 868. The van der Waals surface area contributed by atoms with Crippen molar-refractivity contribution < 1.29 is 9.15 Å². The minimum absolute atomic E-state index is 0.166. The predicted octanol–water partition coefficient (Wildman–Crippen LogP) is 3.33.